The summed E-state index contributed by atoms with van der Waals surface area (Å²) in [6, 6.07) is 6.61. The molecule has 2 heterocycles. The zero-order valence-corrected chi connectivity index (χ0v) is 14.1. The number of fused-ring (bicyclic) bond motifs is 2. The van der Waals surface area contributed by atoms with E-state index >= 15 is 0 Å². The van der Waals surface area contributed by atoms with E-state index in [1.807, 2.05) is 0 Å². The molecule has 7 nitrogen and oxygen atoms in total. The van der Waals surface area contributed by atoms with Gasteiger partial charge >= 0.3 is 11.9 Å². The summed E-state index contributed by atoms with van der Waals surface area (Å²) in [5, 5.41) is 0. The summed E-state index contributed by atoms with van der Waals surface area (Å²) in [5.41, 5.74) is -1.68. The zero-order chi connectivity index (χ0) is 18.2. The number of carbonyl (C=O) groups is 3. The number of methoxy groups -OCH3 is 2. The summed E-state index contributed by atoms with van der Waals surface area (Å²) in [4.78, 5) is 38.5. The van der Waals surface area contributed by atoms with E-state index in [-0.39, 0.29) is 5.56 Å². The fraction of sp³-hybridized carbons (Fsp3) is 0.389. The first-order valence-electron chi connectivity index (χ1n) is 7.77. The van der Waals surface area contributed by atoms with Crippen molar-refractivity contribution in [3.63, 3.8) is 0 Å². The van der Waals surface area contributed by atoms with Crippen molar-refractivity contribution in [2.45, 2.75) is 19.3 Å². The fourth-order valence-electron chi connectivity index (χ4n) is 3.49. The molecule has 132 valence electrons. The molecular weight excluding hydrogens is 328 g/mol. The summed E-state index contributed by atoms with van der Waals surface area (Å²) in [5.74, 6) is -3.07. The van der Waals surface area contributed by atoms with Crippen molar-refractivity contribution in [2.24, 2.45) is 11.3 Å². The van der Waals surface area contributed by atoms with Crippen LogP contribution in [0.1, 0.15) is 17.3 Å². The summed E-state index contributed by atoms with van der Waals surface area (Å²) in [6.45, 7) is 1.71. The van der Waals surface area contributed by atoms with Crippen LogP contribution < -0.4 is 4.74 Å². The van der Waals surface area contributed by atoms with E-state index in [1.165, 1.54) is 6.08 Å². The molecule has 0 saturated carbocycles. The Hall–Kier alpha value is -2.67. The van der Waals surface area contributed by atoms with Crippen LogP contribution >= 0.6 is 0 Å². The van der Waals surface area contributed by atoms with Crippen LogP contribution in [0, 0.1) is 11.3 Å². The Balaban J connectivity index is 2.21. The van der Waals surface area contributed by atoms with E-state index in [9.17, 15) is 14.4 Å². The number of hydrogen-bond acceptors (Lipinski definition) is 7. The molecule has 3 atom stereocenters. The molecule has 0 bridgehead atoms. The SMILES string of the molecule is C/C=C/[C@H]1O[C@@H]2Oc3ccccc3C(=O)[C@@H]2C1(C(=O)OC)C(=O)OC. The Kier molecular flexibility index (Phi) is 4.34. The van der Waals surface area contributed by atoms with Crippen molar-refractivity contribution in [1.29, 1.82) is 0 Å². The Labute approximate surface area is 144 Å². The Morgan fingerprint density at radius 1 is 1.16 bits per heavy atom. The van der Waals surface area contributed by atoms with E-state index in [4.69, 9.17) is 18.9 Å². The predicted octanol–water partition coefficient (Wildman–Crippen LogP) is 1.51. The third-order valence-corrected chi connectivity index (χ3v) is 4.58. The van der Waals surface area contributed by atoms with Gasteiger partial charge in [-0.25, -0.2) is 0 Å². The minimum absolute atomic E-state index is 0.283. The molecule has 0 spiro atoms. The zero-order valence-electron chi connectivity index (χ0n) is 14.1. The van der Waals surface area contributed by atoms with Gasteiger partial charge in [0.25, 0.3) is 0 Å². The van der Waals surface area contributed by atoms with Crippen molar-refractivity contribution >= 4 is 17.7 Å². The lowest BCUT2D eigenvalue weighted by atomic mass is 9.68. The van der Waals surface area contributed by atoms with Crippen LogP contribution in [0.5, 0.6) is 5.75 Å². The van der Waals surface area contributed by atoms with Crippen molar-refractivity contribution in [1.82, 2.24) is 0 Å². The third kappa shape index (κ3) is 2.26. The minimum atomic E-state index is -1.97. The molecule has 1 aromatic carbocycles. The maximum absolute atomic E-state index is 13.1. The normalized spacial score (nSPS) is 26.5. The van der Waals surface area contributed by atoms with Crippen molar-refractivity contribution in [3.05, 3.63) is 42.0 Å². The number of allylic oxidation sites excluding steroid dienone is 1. The second-order valence-electron chi connectivity index (χ2n) is 5.76. The Morgan fingerprint density at radius 2 is 1.80 bits per heavy atom. The van der Waals surface area contributed by atoms with Gasteiger partial charge in [-0.3, -0.25) is 14.4 Å². The number of ether oxygens (including phenoxy) is 4. The number of esters is 2. The van der Waals surface area contributed by atoms with E-state index in [0.717, 1.165) is 14.2 Å². The molecule has 7 heteroatoms. The quantitative estimate of drug-likeness (QED) is 0.466. The molecule has 2 aliphatic rings. The van der Waals surface area contributed by atoms with Gasteiger partial charge in [-0.2, -0.15) is 0 Å². The van der Waals surface area contributed by atoms with Crippen LogP contribution in [0.4, 0.5) is 0 Å². The highest BCUT2D eigenvalue weighted by Crippen LogP contribution is 2.51. The van der Waals surface area contributed by atoms with E-state index in [0.29, 0.717) is 5.75 Å². The molecule has 2 aliphatic heterocycles. The molecule has 0 aromatic heterocycles. The lowest BCUT2D eigenvalue weighted by Gasteiger charge is -2.33. The van der Waals surface area contributed by atoms with Gasteiger partial charge in [0, 0.05) is 0 Å². The van der Waals surface area contributed by atoms with Crippen LogP contribution in [0.3, 0.4) is 0 Å². The number of Topliss-reactive ketones (excluding diaryl/α,β-unsaturated/α-hetero) is 1. The number of hydrogen-bond donors (Lipinski definition) is 0. The number of para-hydroxylation sites is 1. The molecule has 0 unspecified atom stereocenters. The summed E-state index contributed by atoms with van der Waals surface area (Å²) in [7, 11) is 2.30. The molecule has 0 aliphatic carbocycles. The maximum atomic E-state index is 13.1. The van der Waals surface area contributed by atoms with Gasteiger partial charge in [-0.15, -0.1) is 0 Å². The molecular formula is C18H18O7. The molecule has 3 rings (SSSR count). The summed E-state index contributed by atoms with van der Waals surface area (Å²) in [6.07, 6.45) is 1.00. The highest BCUT2D eigenvalue weighted by atomic mass is 16.7. The van der Waals surface area contributed by atoms with E-state index in [1.54, 1.807) is 37.3 Å². The average molecular weight is 346 g/mol. The number of carbonyl (C=O) groups excluding carboxylic acids is 3. The lowest BCUT2D eigenvalue weighted by Crippen LogP contribution is -2.55. The topological polar surface area (TPSA) is 88.1 Å². The molecule has 0 amide bonds. The number of ketones is 1. The molecule has 1 saturated heterocycles. The molecule has 25 heavy (non-hydrogen) atoms. The van der Waals surface area contributed by atoms with Crippen molar-refractivity contribution in [2.75, 3.05) is 14.2 Å². The predicted molar refractivity (Wildman–Crippen MR) is 84.8 cm³/mol. The van der Waals surface area contributed by atoms with Crippen LogP contribution in [-0.2, 0) is 23.8 Å². The van der Waals surface area contributed by atoms with Crippen molar-refractivity contribution in [3.8, 4) is 5.75 Å². The minimum Gasteiger partial charge on any atom is -0.468 e. The fourth-order valence-corrected chi connectivity index (χ4v) is 3.49. The molecule has 1 aromatic rings. The average Bonchev–Trinajstić information content (AvgIpc) is 2.95. The Morgan fingerprint density at radius 3 is 2.40 bits per heavy atom. The molecule has 0 radical (unpaired) electrons. The van der Waals surface area contributed by atoms with Crippen molar-refractivity contribution < 1.29 is 33.3 Å². The van der Waals surface area contributed by atoms with E-state index in [2.05, 4.69) is 0 Å². The number of benzene rings is 1. The summed E-state index contributed by atoms with van der Waals surface area (Å²) >= 11 is 0. The van der Waals surface area contributed by atoms with Crippen LogP contribution in [0.25, 0.3) is 0 Å². The monoisotopic (exact) mass is 346 g/mol. The van der Waals surface area contributed by atoms with E-state index < -0.39 is 41.4 Å². The van der Waals surface area contributed by atoms with Gasteiger partial charge in [0.05, 0.1) is 19.8 Å². The smallest absolute Gasteiger partial charge is 0.327 e. The largest absolute Gasteiger partial charge is 0.468 e. The first-order chi connectivity index (χ1) is 12.0. The second kappa shape index (κ2) is 6.33. The van der Waals surface area contributed by atoms with Gasteiger partial charge < -0.3 is 18.9 Å². The van der Waals surface area contributed by atoms with Gasteiger partial charge in [-0.1, -0.05) is 24.3 Å². The highest BCUT2D eigenvalue weighted by molar-refractivity contribution is 6.12. The Bertz CT molecular complexity index is 736. The number of rotatable bonds is 3. The van der Waals surface area contributed by atoms with Gasteiger partial charge in [0.15, 0.2) is 5.78 Å². The molecule has 0 N–H and O–H groups in total. The maximum Gasteiger partial charge on any atom is 0.327 e. The lowest BCUT2D eigenvalue weighted by molar-refractivity contribution is -0.173. The highest BCUT2D eigenvalue weighted by Gasteiger charge is 2.71. The van der Waals surface area contributed by atoms with Crippen LogP contribution in [-0.4, -0.2) is 44.3 Å². The van der Waals surface area contributed by atoms with Gasteiger partial charge in [0.1, 0.15) is 17.8 Å². The van der Waals surface area contributed by atoms with Gasteiger partial charge in [0.2, 0.25) is 11.7 Å². The van der Waals surface area contributed by atoms with Gasteiger partial charge in [-0.05, 0) is 19.1 Å². The van der Waals surface area contributed by atoms with Crippen LogP contribution in [0.2, 0.25) is 0 Å². The third-order valence-electron chi connectivity index (χ3n) is 4.58. The first-order valence-corrected chi connectivity index (χ1v) is 7.77. The second-order valence-corrected chi connectivity index (χ2v) is 5.76. The first kappa shape index (κ1) is 17.2. The molecule has 1 fully saturated rings. The summed E-state index contributed by atoms with van der Waals surface area (Å²) < 4.78 is 21.2. The van der Waals surface area contributed by atoms with Crippen LogP contribution in [0.15, 0.2) is 36.4 Å². The standard InChI is InChI=1S/C18H18O7/c1-4-7-12-18(16(20)22-2,17(21)23-3)13-14(19)10-8-5-6-9-11(10)24-15(13)25-12/h4-9,12-13,15H,1-3H3/b7-4+/t12-,13+,15+/m1/s1.